The molecule has 0 amide bonds. The van der Waals surface area contributed by atoms with Gasteiger partial charge in [0.15, 0.2) is 0 Å². The van der Waals surface area contributed by atoms with Gasteiger partial charge in [0.05, 0.1) is 19.9 Å². The van der Waals surface area contributed by atoms with Crippen LogP contribution in [0, 0.1) is 6.92 Å². The van der Waals surface area contributed by atoms with E-state index >= 15 is 0 Å². The van der Waals surface area contributed by atoms with Crippen molar-refractivity contribution < 1.29 is 9.47 Å². The van der Waals surface area contributed by atoms with Gasteiger partial charge < -0.3 is 14.8 Å². The van der Waals surface area contributed by atoms with E-state index in [9.17, 15) is 0 Å². The van der Waals surface area contributed by atoms with Crippen LogP contribution in [0.4, 0.5) is 0 Å². The van der Waals surface area contributed by atoms with Crippen LogP contribution in [0.25, 0.3) is 0 Å². The maximum atomic E-state index is 5.25. The Kier molecular flexibility index (Phi) is 5.58. The smallest absolute Gasteiger partial charge is 0.122 e. The molecule has 0 saturated heterocycles. The van der Waals surface area contributed by atoms with Crippen molar-refractivity contribution in [2.75, 3.05) is 20.8 Å². The summed E-state index contributed by atoms with van der Waals surface area (Å²) in [7, 11) is 3.36. The molecule has 2 rings (SSSR count). The van der Waals surface area contributed by atoms with E-state index in [0.717, 1.165) is 42.4 Å². The Morgan fingerprint density at radius 1 is 1.00 bits per heavy atom. The maximum absolute atomic E-state index is 5.25. The van der Waals surface area contributed by atoms with E-state index < -0.39 is 0 Å². The van der Waals surface area contributed by atoms with Crippen molar-refractivity contribution in [3.63, 3.8) is 0 Å². The highest BCUT2D eigenvalue weighted by Crippen LogP contribution is 2.13. The predicted molar refractivity (Wildman–Crippen MR) is 83.9 cm³/mol. The minimum Gasteiger partial charge on any atom is -0.497 e. The summed E-state index contributed by atoms with van der Waals surface area (Å²) in [6, 6.07) is 12.1. The second kappa shape index (κ2) is 7.64. The Bertz CT molecular complexity index is 568. The topological polar surface area (TPSA) is 43.4 Å². The molecule has 0 bridgehead atoms. The molecule has 4 heteroatoms. The van der Waals surface area contributed by atoms with Gasteiger partial charge in [-0.15, -0.1) is 0 Å². The molecule has 0 unspecified atom stereocenters. The zero-order valence-electron chi connectivity index (χ0n) is 12.8. The van der Waals surface area contributed by atoms with Gasteiger partial charge in [-0.05, 0) is 37.6 Å². The molecule has 1 aromatic carbocycles. The minimum absolute atomic E-state index is 0.744. The van der Waals surface area contributed by atoms with Gasteiger partial charge in [-0.2, -0.15) is 0 Å². The number of hydrogen-bond donors (Lipinski definition) is 1. The lowest BCUT2D eigenvalue weighted by atomic mass is 10.1. The van der Waals surface area contributed by atoms with Crippen molar-refractivity contribution >= 4 is 0 Å². The van der Waals surface area contributed by atoms with Crippen LogP contribution >= 0.6 is 0 Å². The molecule has 1 heterocycles. The molecular weight excluding hydrogens is 264 g/mol. The van der Waals surface area contributed by atoms with Crippen molar-refractivity contribution in [2.24, 2.45) is 0 Å². The molecule has 0 atom stereocenters. The summed E-state index contributed by atoms with van der Waals surface area (Å²) in [6.45, 7) is 3.63. The van der Waals surface area contributed by atoms with Crippen LogP contribution < -0.4 is 14.8 Å². The molecule has 0 aliphatic heterocycles. The summed E-state index contributed by atoms with van der Waals surface area (Å²) in [5.41, 5.74) is 3.26. The molecule has 0 aliphatic carbocycles. The number of methoxy groups -OCH3 is 2. The van der Waals surface area contributed by atoms with Crippen molar-refractivity contribution in [1.82, 2.24) is 10.3 Å². The quantitative estimate of drug-likeness (QED) is 0.795. The van der Waals surface area contributed by atoms with Crippen LogP contribution in [-0.2, 0) is 13.0 Å². The Morgan fingerprint density at radius 2 is 1.71 bits per heavy atom. The molecule has 0 radical (unpaired) electrons. The summed E-state index contributed by atoms with van der Waals surface area (Å²) < 4.78 is 10.4. The standard InChI is InChI=1S/C17H22N2O2/c1-13-10-17(21-3)11-15(19-13)12-18-9-8-14-4-6-16(20-2)7-5-14/h4-7,10-11,18H,8-9,12H2,1-3H3. The van der Waals surface area contributed by atoms with E-state index in [2.05, 4.69) is 22.4 Å². The molecule has 0 spiro atoms. The fourth-order valence-corrected chi connectivity index (χ4v) is 2.15. The van der Waals surface area contributed by atoms with E-state index in [1.165, 1.54) is 5.56 Å². The highest BCUT2D eigenvalue weighted by atomic mass is 16.5. The number of aryl methyl sites for hydroxylation is 1. The summed E-state index contributed by atoms with van der Waals surface area (Å²) in [4.78, 5) is 4.49. The molecule has 1 aromatic heterocycles. The normalized spacial score (nSPS) is 10.4. The fraction of sp³-hybridized carbons (Fsp3) is 0.353. The van der Waals surface area contributed by atoms with Crippen molar-refractivity contribution in [2.45, 2.75) is 19.9 Å². The Balaban J connectivity index is 1.80. The van der Waals surface area contributed by atoms with Crippen LogP contribution in [0.15, 0.2) is 36.4 Å². The zero-order valence-corrected chi connectivity index (χ0v) is 12.8. The number of benzene rings is 1. The number of hydrogen-bond acceptors (Lipinski definition) is 4. The number of nitrogens with zero attached hydrogens (tertiary/aromatic N) is 1. The number of aromatic nitrogens is 1. The number of pyridine rings is 1. The highest BCUT2D eigenvalue weighted by molar-refractivity contribution is 5.28. The van der Waals surface area contributed by atoms with Gasteiger partial charge in [-0.3, -0.25) is 4.98 Å². The van der Waals surface area contributed by atoms with Gasteiger partial charge in [0.2, 0.25) is 0 Å². The lowest BCUT2D eigenvalue weighted by Crippen LogP contribution is -2.17. The Hall–Kier alpha value is -2.07. The van der Waals surface area contributed by atoms with E-state index in [4.69, 9.17) is 9.47 Å². The summed E-state index contributed by atoms with van der Waals surface area (Å²) >= 11 is 0. The molecule has 2 aromatic rings. The molecule has 112 valence electrons. The average Bonchev–Trinajstić information content (AvgIpc) is 2.51. The molecule has 0 saturated carbocycles. The summed E-state index contributed by atoms with van der Waals surface area (Å²) in [5.74, 6) is 1.75. The first-order chi connectivity index (χ1) is 10.2. The van der Waals surface area contributed by atoms with Crippen LogP contribution in [0.5, 0.6) is 11.5 Å². The van der Waals surface area contributed by atoms with Crippen LogP contribution in [0.2, 0.25) is 0 Å². The number of rotatable bonds is 7. The maximum Gasteiger partial charge on any atom is 0.122 e. The van der Waals surface area contributed by atoms with E-state index in [0.29, 0.717) is 0 Å². The highest BCUT2D eigenvalue weighted by Gasteiger charge is 2.00. The third-order valence-electron chi connectivity index (χ3n) is 3.27. The van der Waals surface area contributed by atoms with E-state index in [1.54, 1.807) is 14.2 Å². The van der Waals surface area contributed by atoms with Crippen molar-refractivity contribution in [3.8, 4) is 11.5 Å². The molecule has 21 heavy (non-hydrogen) atoms. The largest absolute Gasteiger partial charge is 0.497 e. The third-order valence-corrected chi connectivity index (χ3v) is 3.27. The SMILES string of the molecule is COc1ccc(CCNCc2cc(OC)cc(C)n2)cc1. The van der Waals surface area contributed by atoms with Crippen LogP contribution in [0.1, 0.15) is 17.0 Å². The van der Waals surface area contributed by atoms with E-state index in [1.807, 2.05) is 31.2 Å². The first-order valence-electron chi connectivity index (χ1n) is 7.06. The first kappa shape index (κ1) is 15.3. The zero-order chi connectivity index (χ0) is 15.1. The van der Waals surface area contributed by atoms with Gasteiger partial charge in [0.1, 0.15) is 11.5 Å². The second-order valence-electron chi connectivity index (χ2n) is 4.91. The third kappa shape index (κ3) is 4.76. The number of nitrogens with one attached hydrogen (secondary N) is 1. The number of ether oxygens (including phenoxy) is 2. The van der Waals surface area contributed by atoms with Gasteiger partial charge in [-0.1, -0.05) is 12.1 Å². The Labute approximate surface area is 126 Å². The van der Waals surface area contributed by atoms with Crippen LogP contribution in [0.3, 0.4) is 0 Å². The minimum atomic E-state index is 0.744. The summed E-state index contributed by atoms with van der Waals surface area (Å²) in [6.07, 6.45) is 0.979. The van der Waals surface area contributed by atoms with Gasteiger partial charge in [0, 0.05) is 24.4 Å². The molecule has 0 fully saturated rings. The van der Waals surface area contributed by atoms with Gasteiger partial charge >= 0.3 is 0 Å². The molecule has 1 N–H and O–H groups in total. The van der Waals surface area contributed by atoms with Crippen LogP contribution in [-0.4, -0.2) is 25.7 Å². The lowest BCUT2D eigenvalue weighted by molar-refractivity contribution is 0.412. The second-order valence-corrected chi connectivity index (χ2v) is 4.91. The predicted octanol–water partition coefficient (Wildman–Crippen LogP) is 2.74. The first-order valence-corrected chi connectivity index (χ1v) is 7.06. The van der Waals surface area contributed by atoms with E-state index in [-0.39, 0.29) is 0 Å². The average molecular weight is 286 g/mol. The molecule has 4 nitrogen and oxygen atoms in total. The lowest BCUT2D eigenvalue weighted by Gasteiger charge is -2.08. The van der Waals surface area contributed by atoms with Crippen molar-refractivity contribution in [3.05, 3.63) is 53.3 Å². The monoisotopic (exact) mass is 286 g/mol. The molecule has 0 aliphatic rings. The van der Waals surface area contributed by atoms with Gasteiger partial charge in [-0.25, -0.2) is 0 Å². The van der Waals surface area contributed by atoms with Crippen molar-refractivity contribution in [1.29, 1.82) is 0 Å². The van der Waals surface area contributed by atoms with Gasteiger partial charge in [0.25, 0.3) is 0 Å². The Morgan fingerprint density at radius 3 is 2.38 bits per heavy atom. The fourth-order valence-electron chi connectivity index (χ4n) is 2.15. The summed E-state index contributed by atoms with van der Waals surface area (Å²) in [5, 5.41) is 3.41. The molecular formula is C17H22N2O2.